The van der Waals surface area contributed by atoms with Crippen molar-refractivity contribution in [2.45, 2.75) is 44.8 Å². The van der Waals surface area contributed by atoms with Crippen molar-refractivity contribution in [3.63, 3.8) is 0 Å². The van der Waals surface area contributed by atoms with Gasteiger partial charge in [0.15, 0.2) is 0 Å². The largest absolute Gasteiger partial charge is 0.376 e. The molecule has 0 saturated heterocycles. The number of likely N-dealkylation sites (N-methyl/N-ethyl adjacent to an activating group) is 1. The Bertz CT molecular complexity index is 396. The fourth-order valence-electron chi connectivity index (χ4n) is 2.84. The summed E-state index contributed by atoms with van der Waals surface area (Å²) in [6.07, 6.45) is 5.27. The van der Waals surface area contributed by atoms with Crippen LogP contribution < -0.4 is 5.32 Å². The van der Waals surface area contributed by atoms with Gasteiger partial charge in [-0.15, -0.1) is 0 Å². The second kappa shape index (κ2) is 7.01. The normalized spacial score (nSPS) is 25.2. The van der Waals surface area contributed by atoms with Gasteiger partial charge >= 0.3 is 0 Å². The molecule has 1 fully saturated rings. The number of hydrogen-bond acceptors (Lipinski definition) is 2. The van der Waals surface area contributed by atoms with Crippen molar-refractivity contribution in [2.75, 3.05) is 13.7 Å². The summed E-state index contributed by atoms with van der Waals surface area (Å²) in [5, 5.41) is 3.15. The highest BCUT2D eigenvalue weighted by Crippen LogP contribution is 2.27. The Morgan fingerprint density at radius 2 is 2.05 bits per heavy atom. The topological polar surface area (TPSA) is 21.3 Å². The Morgan fingerprint density at radius 3 is 2.74 bits per heavy atom. The molecule has 19 heavy (non-hydrogen) atoms. The molecule has 0 spiro atoms. The van der Waals surface area contributed by atoms with E-state index >= 15 is 0 Å². The van der Waals surface area contributed by atoms with Crippen LogP contribution in [0.5, 0.6) is 0 Å². The van der Waals surface area contributed by atoms with E-state index in [-0.39, 0.29) is 11.9 Å². The van der Waals surface area contributed by atoms with Crippen molar-refractivity contribution in [1.29, 1.82) is 0 Å². The second-order valence-corrected chi connectivity index (χ2v) is 5.50. The summed E-state index contributed by atoms with van der Waals surface area (Å²) in [6, 6.07) is 6.84. The van der Waals surface area contributed by atoms with Gasteiger partial charge in [-0.25, -0.2) is 4.39 Å². The summed E-state index contributed by atoms with van der Waals surface area (Å²) in [4.78, 5) is 0. The maximum absolute atomic E-state index is 13.8. The first-order valence-corrected chi connectivity index (χ1v) is 7.25. The molecule has 1 N–H and O–H groups in total. The van der Waals surface area contributed by atoms with E-state index in [1.165, 1.54) is 25.3 Å². The zero-order valence-corrected chi connectivity index (χ0v) is 11.9. The Balaban J connectivity index is 1.94. The van der Waals surface area contributed by atoms with E-state index in [1.807, 2.05) is 19.2 Å². The van der Waals surface area contributed by atoms with Crippen LogP contribution >= 0.6 is 0 Å². The van der Waals surface area contributed by atoms with Crippen molar-refractivity contribution in [1.82, 2.24) is 5.32 Å². The van der Waals surface area contributed by atoms with Gasteiger partial charge in [0.1, 0.15) is 5.82 Å². The predicted octanol–water partition coefficient (Wildman–Crippen LogP) is 3.68. The van der Waals surface area contributed by atoms with E-state index in [0.717, 1.165) is 6.42 Å². The van der Waals surface area contributed by atoms with Crippen LogP contribution in [0.15, 0.2) is 24.3 Å². The zero-order valence-electron chi connectivity index (χ0n) is 11.9. The molecule has 3 heteroatoms. The molecule has 1 aromatic carbocycles. The van der Waals surface area contributed by atoms with Crippen LogP contribution in [0, 0.1) is 11.7 Å². The molecule has 1 aromatic rings. The van der Waals surface area contributed by atoms with Crippen LogP contribution in [0.4, 0.5) is 4.39 Å². The quantitative estimate of drug-likeness (QED) is 0.877. The van der Waals surface area contributed by atoms with Gasteiger partial charge in [0.25, 0.3) is 0 Å². The first-order chi connectivity index (χ1) is 9.22. The molecule has 0 heterocycles. The summed E-state index contributed by atoms with van der Waals surface area (Å²) in [6.45, 7) is 2.79. The van der Waals surface area contributed by atoms with Crippen molar-refractivity contribution in [3.05, 3.63) is 35.6 Å². The minimum absolute atomic E-state index is 0.0738. The third kappa shape index (κ3) is 3.77. The number of benzene rings is 1. The summed E-state index contributed by atoms with van der Waals surface area (Å²) in [7, 11) is 1.85. The summed E-state index contributed by atoms with van der Waals surface area (Å²) in [5.41, 5.74) is 0.688. The number of rotatable bonds is 5. The summed E-state index contributed by atoms with van der Waals surface area (Å²) in [5.74, 6) is 0.453. The molecule has 1 saturated carbocycles. The lowest BCUT2D eigenvalue weighted by Crippen LogP contribution is -2.30. The van der Waals surface area contributed by atoms with Gasteiger partial charge in [-0.2, -0.15) is 0 Å². The first-order valence-electron chi connectivity index (χ1n) is 7.25. The van der Waals surface area contributed by atoms with Crippen LogP contribution in [0.3, 0.4) is 0 Å². The molecule has 2 nitrogen and oxygen atoms in total. The molecular weight excluding hydrogens is 241 g/mol. The van der Waals surface area contributed by atoms with Gasteiger partial charge in [-0.1, -0.05) is 38.0 Å². The average molecular weight is 265 g/mol. The first kappa shape index (κ1) is 14.5. The third-order valence-electron chi connectivity index (χ3n) is 4.14. The molecule has 2 rings (SSSR count). The number of nitrogens with one attached hydrogen (secondary N) is 1. The van der Waals surface area contributed by atoms with E-state index in [9.17, 15) is 4.39 Å². The SMILES string of the molecule is CNC(COC1CCCCC1C)c1ccccc1F. The van der Waals surface area contributed by atoms with Gasteiger partial charge in [0.2, 0.25) is 0 Å². The Hall–Kier alpha value is -0.930. The smallest absolute Gasteiger partial charge is 0.128 e. The number of hydrogen-bond donors (Lipinski definition) is 1. The Morgan fingerprint density at radius 1 is 1.32 bits per heavy atom. The summed E-state index contributed by atoms with van der Waals surface area (Å²) < 4.78 is 19.8. The van der Waals surface area contributed by atoms with Gasteiger partial charge in [0, 0.05) is 5.56 Å². The van der Waals surface area contributed by atoms with Gasteiger partial charge in [-0.3, -0.25) is 0 Å². The van der Waals surface area contributed by atoms with Crippen LogP contribution in [0.2, 0.25) is 0 Å². The van der Waals surface area contributed by atoms with Crippen molar-refractivity contribution in [2.24, 2.45) is 5.92 Å². The van der Waals surface area contributed by atoms with Crippen molar-refractivity contribution in [3.8, 4) is 0 Å². The lowest BCUT2D eigenvalue weighted by atomic mass is 9.88. The molecule has 1 aliphatic carbocycles. The van der Waals surface area contributed by atoms with E-state index in [2.05, 4.69) is 12.2 Å². The molecule has 0 bridgehead atoms. The number of halogens is 1. The van der Waals surface area contributed by atoms with E-state index < -0.39 is 0 Å². The molecule has 3 unspecified atom stereocenters. The maximum Gasteiger partial charge on any atom is 0.128 e. The maximum atomic E-state index is 13.8. The molecule has 1 aliphatic rings. The highest BCUT2D eigenvalue weighted by Gasteiger charge is 2.23. The molecule has 0 amide bonds. The third-order valence-corrected chi connectivity index (χ3v) is 4.14. The molecule has 3 atom stereocenters. The molecule has 106 valence electrons. The van der Waals surface area contributed by atoms with Crippen LogP contribution in [-0.4, -0.2) is 19.8 Å². The second-order valence-electron chi connectivity index (χ2n) is 5.50. The molecule has 0 aliphatic heterocycles. The summed E-state index contributed by atoms with van der Waals surface area (Å²) >= 11 is 0. The standard InChI is InChI=1S/C16H24FNO/c1-12-7-3-6-10-16(12)19-11-15(18-2)13-8-4-5-9-14(13)17/h4-5,8-9,12,15-16,18H,3,6-7,10-11H2,1-2H3. The predicted molar refractivity (Wildman–Crippen MR) is 75.6 cm³/mol. The fourth-order valence-corrected chi connectivity index (χ4v) is 2.84. The minimum atomic E-state index is -0.165. The van der Waals surface area contributed by atoms with Gasteiger partial charge in [-0.05, 0) is 31.9 Å². The fraction of sp³-hybridized carbons (Fsp3) is 0.625. The van der Waals surface area contributed by atoms with Crippen molar-refractivity contribution < 1.29 is 9.13 Å². The lowest BCUT2D eigenvalue weighted by Gasteiger charge is -2.30. The lowest BCUT2D eigenvalue weighted by molar-refractivity contribution is -0.0148. The molecule has 0 radical (unpaired) electrons. The van der Waals surface area contributed by atoms with E-state index in [1.54, 1.807) is 6.07 Å². The average Bonchev–Trinajstić information content (AvgIpc) is 2.43. The van der Waals surface area contributed by atoms with E-state index in [0.29, 0.717) is 24.2 Å². The minimum Gasteiger partial charge on any atom is -0.376 e. The van der Waals surface area contributed by atoms with Gasteiger partial charge < -0.3 is 10.1 Å². The Kier molecular flexibility index (Phi) is 5.34. The van der Waals surface area contributed by atoms with E-state index in [4.69, 9.17) is 4.74 Å². The molecular formula is C16H24FNO. The van der Waals surface area contributed by atoms with Gasteiger partial charge in [0.05, 0.1) is 18.8 Å². The van der Waals surface area contributed by atoms with Crippen LogP contribution in [-0.2, 0) is 4.74 Å². The monoisotopic (exact) mass is 265 g/mol. The Labute approximate surface area is 115 Å². The van der Waals surface area contributed by atoms with Crippen molar-refractivity contribution >= 4 is 0 Å². The molecule has 0 aromatic heterocycles. The highest BCUT2D eigenvalue weighted by atomic mass is 19.1. The zero-order chi connectivity index (χ0) is 13.7. The number of ether oxygens (including phenoxy) is 1. The highest BCUT2D eigenvalue weighted by molar-refractivity contribution is 5.21. The van der Waals surface area contributed by atoms with Crippen LogP contribution in [0.1, 0.15) is 44.2 Å². The van der Waals surface area contributed by atoms with Crippen LogP contribution in [0.25, 0.3) is 0 Å².